The molecule has 1 aliphatic heterocycles. The number of carbonyl (C=O) groups excluding carboxylic acids is 1. The fraction of sp³-hybridized carbons (Fsp3) is 0.393. The third-order valence-corrected chi connectivity index (χ3v) is 7.52. The molecule has 9 heteroatoms. The lowest BCUT2D eigenvalue weighted by Crippen LogP contribution is -2.49. The zero-order valence-corrected chi connectivity index (χ0v) is 20.8. The minimum atomic E-state index is -0.0903. The van der Waals surface area contributed by atoms with Crippen LogP contribution in [0.15, 0.2) is 47.2 Å². The number of nitrogens with zero attached hydrogens (tertiary/aromatic N) is 6. The molecule has 0 unspecified atom stereocenters. The van der Waals surface area contributed by atoms with Gasteiger partial charge in [0.05, 0.1) is 23.7 Å². The molecule has 2 aliphatic rings. The van der Waals surface area contributed by atoms with Gasteiger partial charge in [-0.1, -0.05) is 30.8 Å². The molecule has 2 fully saturated rings. The predicted octanol–water partition coefficient (Wildman–Crippen LogP) is 5.20. The fourth-order valence-corrected chi connectivity index (χ4v) is 5.32. The van der Waals surface area contributed by atoms with Crippen molar-refractivity contribution in [2.75, 3.05) is 13.1 Å². The number of likely N-dealkylation sites (tertiary alicyclic amines) is 1. The van der Waals surface area contributed by atoms with Crippen molar-refractivity contribution in [2.45, 2.75) is 45.4 Å². The van der Waals surface area contributed by atoms with Crippen molar-refractivity contribution in [1.82, 2.24) is 24.7 Å². The molecular weight excluding hydrogens is 468 g/mol. The third-order valence-electron chi connectivity index (χ3n) is 7.52. The Morgan fingerprint density at radius 1 is 1.19 bits per heavy atom. The first-order valence-corrected chi connectivity index (χ1v) is 12.9. The summed E-state index contributed by atoms with van der Waals surface area (Å²) in [5.74, 6) is 3.13. The second-order valence-corrected chi connectivity index (χ2v) is 10.0. The van der Waals surface area contributed by atoms with Gasteiger partial charge in [0, 0.05) is 37.3 Å². The standard InChI is InChI=1S/C28H28N6O3/c1-18-23(28(35)33-15-20(14-29)16-33)17-34-26(18)24(12-13-30-34)36-22-9-7-21(8-10-22)27-31-25(37-32-27)11-6-19-4-2-3-5-19/h7-10,12-13,17,19-20H,2-6,11,15-16H2,1H3. The van der Waals surface area contributed by atoms with E-state index in [2.05, 4.69) is 21.3 Å². The minimum absolute atomic E-state index is 0.0859. The Morgan fingerprint density at radius 2 is 1.97 bits per heavy atom. The lowest BCUT2D eigenvalue weighted by molar-refractivity contribution is 0.0576. The topological polar surface area (TPSA) is 110 Å². The molecule has 1 amide bonds. The zero-order chi connectivity index (χ0) is 25.4. The highest BCUT2D eigenvalue weighted by Crippen LogP contribution is 2.33. The summed E-state index contributed by atoms with van der Waals surface area (Å²) in [6.07, 6.45) is 10.6. The third kappa shape index (κ3) is 4.55. The molecule has 37 heavy (non-hydrogen) atoms. The van der Waals surface area contributed by atoms with Gasteiger partial charge < -0.3 is 14.2 Å². The molecule has 0 N–H and O–H groups in total. The van der Waals surface area contributed by atoms with Crippen molar-refractivity contribution in [3.63, 3.8) is 0 Å². The number of hydrogen-bond acceptors (Lipinski definition) is 7. The van der Waals surface area contributed by atoms with Crippen LogP contribution in [-0.2, 0) is 6.42 Å². The van der Waals surface area contributed by atoms with Gasteiger partial charge in [0.15, 0.2) is 5.75 Å². The molecule has 0 radical (unpaired) electrons. The van der Waals surface area contributed by atoms with Gasteiger partial charge in [-0.15, -0.1) is 0 Å². The van der Waals surface area contributed by atoms with Crippen LogP contribution in [0, 0.1) is 30.1 Å². The lowest BCUT2D eigenvalue weighted by Gasteiger charge is -2.35. The van der Waals surface area contributed by atoms with E-state index in [4.69, 9.17) is 14.5 Å². The largest absolute Gasteiger partial charge is 0.455 e. The van der Waals surface area contributed by atoms with Crippen LogP contribution < -0.4 is 4.74 Å². The first-order chi connectivity index (χ1) is 18.1. The summed E-state index contributed by atoms with van der Waals surface area (Å²) < 4.78 is 13.3. The summed E-state index contributed by atoms with van der Waals surface area (Å²) in [6, 6.07) is 11.5. The highest BCUT2D eigenvalue weighted by molar-refractivity contribution is 5.98. The summed E-state index contributed by atoms with van der Waals surface area (Å²) in [7, 11) is 0. The Morgan fingerprint density at radius 3 is 2.73 bits per heavy atom. The number of hydrogen-bond donors (Lipinski definition) is 0. The van der Waals surface area contributed by atoms with E-state index in [-0.39, 0.29) is 11.8 Å². The molecule has 1 aliphatic carbocycles. The number of fused-ring (bicyclic) bond motifs is 1. The average Bonchev–Trinajstić information content (AvgIpc) is 3.64. The molecule has 1 saturated heterocycles. The second-order valence-electron chi connectivity index (χ2n) is 10.0. The Labute approximate surface area is 214 Å². The Hall–Kier alpha value is -4.19. The van der Waals surface area contributed by atoms with Crippen molar-refractivity contribution in [1.29, 1.82) is 5.26 Å². The van der Waals surface area contributed by atoms with Crippen molar-refractivity contribution in [2.24, 2.45) is 11.8 Å². The van der Waals surface area contributed by atoms with E-state index in [1.54, 1.807) is 27.9 Å². The number of aryl methyl sites for hydroxylation is 2. The van der Waals surface area contributed by atoms with Gasteiger partial charge in [-0.05, 0) is 49.1 Å². The van der Waals surface area contributed by atoms with E-state index in [1.165, 1.54) is 25.7 Å². The first-order valence-electron chi connectivity index (χ1n) is 12.9. The summed E-state index contributed by atoms with van der Waals surface area (Å²) in [5, 5.41) is 17.5. The van der Waals surface area contributed by atoms with Crippen LogP contribution in [-0.4, -0.2) is 43.7 Å². The summed E-state index contributed by atoms with van der Waals surface area (Å²) >= 11 is 0. The summed E-state index contributed by atoms with van der Waals surface area (Å²) in [4.78, 5) is 19.2. The number of benzene rings is 1. The number of ether oxygens (including phenoxy) is 1. The van der Waals surface area contributed by atoms with Crippen LogP contribution >= 0.6 is 0 Å². The zero-order valence-electron chi connectivity index (χ0n) is 20.8. The molecule has 6 rings (SSSR count). The van der Waals surface area contributed by atoms with Gasteiger partial charge in [0.25, 0.3) is 5.91 Å². The minimum Gasteiger partial charge on any atom is -0.455 e. The van der Waals surface area contributed by atoms with Crippen LogP contribution in [0.5, 0.6) is 11.5 Å². The number of nitriles is 1. The highest BCUT2D eigenvalue weighted by atomic mass is 16.5. The maximum atomic E-state index is 12.9. The predicted molar refractivity (Wildman–Crippen MR) is 135 cm³/mol. The summed E-state index contributed by atoms with van der Waals surface area (Å²) in [6.45, 7) is 2.82. The molecule has 4 heterocycles. The maximum absolute atomic E-state index is 12.9. The van der Waals surface area contributed by atoms with Crippen molar-refractivity contribution >= 4 is 11.4 Å². The SMILES string of the molecule is Cc1c(C(=O)N2CC(C#N)C2)cn2nccc(Oc3ccc(-c4noc(CCC5CCCC5)n4)cc3)c12. The van der Waals surface area contributed by atoms with Gasteiger partial charge >= 0.3 is 0 Å². The van der Waals surface area contributed by atoms with Gasteiger partial charge in [0.2, 0.25) is 11.7 Å². The quantitative estimate of drug-likeness (QED) is 0.346. The highest BCUT2D eigenvalue weighted by Gasteiger charge is 2.33. The Balaban J connectivity index is 1.16. The summed E-state index contributed by atoms with van der Waals surface area (Å²) in [5.41, 5.74) is 2.95. The van der Waals surface area contributed by atoms with Crippen molar-refractivity contribution in [3.8, 4) is 29.0 Å². The van der Waals surface area contributed by atoms with Crippen LogP contribution in [0.4, 0.5) is 0 Å². The molecule has 1 aromatic carbocycles. The molecule has 0 bridgehead atoms. The van der Waals surface area contributed by atoms with Gasteiger partial charge in [-0.3, -0.25) is 4.79 Å². The molecule has 0 atom stereocenters. The van der Waals surface area contributed by atoms with Gasteiger partial charge in [-0.2, -0.15) is 15.3 Å². The Kier molecular flexibility index (Phi) is 6.08. The smallest absolute Gasteiger partial charge is 0.255 e. The number of amides is 1. The van der Waals surface area contributed by atoms with Crippen molar-refractivity contribution in [3.05, 3.63) is 59.7 Å². The Bertz CT molecular complexity index is 1470. The van der Waals surface area contributed by atoms with Crippen molar-refractivity contribution < 1.29 is 14.1 Å². The molecule has 4 aromatic rings. The van der Waals surface area contributed by atoms with Crippen LogP contribution in [0.25, 0.3) is 16.9 Å². The average molecular weight is 497 g/mol. The molecule has 3 aromatic heterocycles. The number of rotatable bonds is 7. The van der Waals surface area contributed by atoms with E-state index < -0.39 is 0 Å². The second kappa shape index (κ2) is 9.69. The maximum Gasteiger partial charge on any atom is 0.255 e. The van der Waals surface area contributed by atoms with Crippen LogP contribution in [0.2, 0.25) is 0 Å². The van der Waals surface area contributed by atoms with E-state index in [1.807, 2.05) is 31.2 Å². The normalized spacial score (nSPS) is 16.2. The van der Waals surface area contributed by atoms with Crippen LogP contribution in [0.3, 0.4) is 0 Å². The van der Waals surface area contributed by atoms with E-state index >= 15 is 0 Å². The van der Waals surface area contributed by atoms with E-state index in [0.717, 1.165) is 35.4 Å². The van der Waals surface area contributed by atoms with E-state index in [0.29, 0.717) is 41.9 Å². The first kappa shape index (κ1) is 23.2. The molecule has 9 nitrogen and oxygen atoms in total. The van der Waals surface area contributed by atoms with E-state index in [9.17, 15) is 4.79 Å². The molecule has 188 valence electrons. The fourth-order valence-electron chi connectivity index (χ4n) is 5.32. The molecule has 1 saturated carbocycles. The lowest BCUT2D eigenvalue weighted by atomic mass is 10.0. The molecular formula is C28H28N6O3. The molecule has 0 spiro atoms. The monoisotopic (exact) mass is 496 g/mol. The number of carbonyl (C=O) groups is 1. The van der Waals surface area contributed by atoms with Crippen LogP contribution in [0.1, 0.15) is 53.9 Å². The van der Waals surface area contributed by atoms with Gasteiger partial charge in [0.1, 0.15) is 11.3 Å². The van der Waals surface area contributed by atoms with Gasteiger partial charge in [-0.25, -0.2) is 4.52 Å². The number of aromatic nitrogens is 4.